The van der Waals surface area contributed by atoms with E-state index in [1.807, 2.05) is 19.1 Å². The number of benzene rings is 2. The fraction of sp³-hybridized carbons (Fsp3) is 0.200. The van der Waals surface area contributed by atoms with Crippen molar-refractivity contribution in [3.05, 3.63) is 59.7 Å². The van der Waals surface area contributed by atoms with Crippen LogP contribution in [0.4, 0.5) is 5.69 Å². The van der Waals surface area contributed by atoms with Gasteiger partial charge in [-0.25, -0.2) is 0 Å². The van der Waals surface area contributed by atoms with Gasteiger partial charge in [-0.15, -0.1) is 0 Å². The third-order valence-corrected chi connectivity index (χ3v) is 3.49. The molecule has 0 unspecified atom stereocenters. The highest BCUT2D eigenvalue weighted by atomic mass is 16.5. The summed E-state index contributed by atoms with van der Waals surface area (Å²) in [7, 11) is 1.57. The number of amides is 2. The summed E-state index contributed by atoms with van der Waals surface area (Å²) in [6.07, 6.45) is 3.97. The first-order valence-corrected chi connectivity index (χ1v) is 8.23. The number of rotatable bonds is 8. The largest absolute Gasteiger partial charge is 0.493 e. The summed E-state index contributed by atoms with van der Waals surface area (Å²) in [6.45, 7) is 2.64. The average molecular weight is 354 g/mol. The number of carbonyl (C=O) groups excluding carboxylic acids is 2. The van der Waals surface area contributed by atoms with Crippen molar-refractivity contribution in [2.45, 2.75) is 13.3 Å². The number of hydrogen-bond acceptors (Lipinski definition) is 4. The number of nitrogens with two attached hydrogens (primary N) is 1. The number of carbonyl (C=O) groups is 2. The van der Waals surface area contributed by atoms with Crippen LogP contribution in [-0.4, -0.2) is 25.5 Å². The van der Waals surface area contributed by atoms with Gasteiger partial charge >= 0.3 is 0 Å². The van der Waals surface area contributed by atoms with Gasteiger partial charge in [0.05, 0.1) is 13.7 Å². The molecule has 6 nitrogen and oxygen atoms in total. The van der Waals surface area contributed by atoms with Crippen molar-refractivity contribution in [1.29, 1.82) is 0 Å². The third kappa shape index (κ3) is 5.37. The van der Waals surface area contributed by atoms with E-state index < -0.39 is 5.91 Å². The number of hydrogen-bond donors (Lipinski definition) is 2. The van der Waals surface area contributed by atoms with Crippen LogP contribution >= 0.6 is 0 Å². The Morgan fingerprint density at radius 1 is 1.15 bits per heavy atom. The molecule has 0 saturated carbocycles. The van der Waals surface area contributed by atoms with E-state index >= 15 is 0 Å². The molecule has 0 heterocycles. The minimum atomic E-state index is -0.547. The quantitative estimate of drug-likeness (QED) is 0.712. The molecule has 0 aliphatic heterocycles. The molecule has 0 aromatic heterocycles. The Labute approximate surface area is 152 Å². The van der Waals surface area contributed by atoms with Gasteiger partial charge in [0.25, 0.3) is 0 Å². The molecule has 2 aromatic rings. The van der Waals surface area contributed by atoms with Crippen molar-refractivity contribution in [3.63, 3.8) is 0 Å². The Morgan fingerprint density at radius 2 is 1.96 bits per heavy atom. The number of ether oxygens (including phenoxy) is 2. The SMILES string of the molecule is CCCOc1ccc(/C=C/C(=O)Nc2cccc(C(N)=O)c2)cc1OC. The zero-order valence-electron chi connectivity index (χ0n) is 14.8. The lowest BCUT2D eigenvalue weighted by Crippen LogP contribution is -2.12. The Kier molecular flexibility index (Phi) is 6.79. The van der Waals surface area contributed by atoms with E-state index in [2.05, 4.69) is 5.32 Å². The lowest BCUT2D eigenvalue weighted by Gasteiger charge is -2.10. The first-order chi connectivity index (χ1) is 12.5. The minimum Gasteiger partial charge on any atom is -0.493 e. The number of methoxy groups -OCH3 is 1. The molecule has 0 atom stereocenters. The molecular formula is C20H22N2O4. The average Bonchev–Trinajstić information content (AvgIpc) is 2.65. The van der Waals surface area contributed by atoms with Crippen LogP contribution in [0, 0.1) is 0 Å². The molecule has 26 heavy (non-hydrogen) atoms. The zero-order valence-corrected chi connectivity index (χ0v) is 14.8. The third-order valence-electron chi connectivity index (χ3n) is 3.49. The molecule has 0 fully saturated rings. The number of primary amides is 1. The Morgan fingerprint density at radius 3 is 2.65 bits per heavy atom. The maximum absolute atomic E-state index is 12.1. The maximum Gasteiger partial charge on any atom is 0.248 e. The highest BCUT2D eigenvalue weighted by Crippen LogP contribution is 2.28. The van der Waals surface area contributed by atoms with Gasteiger partial charge in [0.1, 0.15) is 0 Å². The molecule has 0 spiro atoms. The van der Waals surface area contributed by atoms with E-state index in [-0.39, 0.29) is 5.91 Å². The summed E-state index contributed by atoms with van der Waals surface area (Å²) in [5.41, 5.74) is 6.86. The zero-order chi connectivity index (χ0) is 18.9. The van der Waals surface area contributed by atoms with Crippen LogP contribution in [0.25, 0.3) is 6.08 Å². The molecule has 0 aliphatic carbocycles. The Bertz CT molecular complexity index is 815. The number of anilines is 1. The Hall–Kier alpha value is -3.28. The summed E-state index contributed by atoms with van der Waals surface area (Å²) in [6, 6.07) is 11.9. The molecule has 136 valence electrons. The number of nitrogens with one attached hydrogen (secondary N) is 1. The molecule has 2 aromatic carbocycles. The lowest BCUT2D eigenvalue weighted by atomic mass is 10.1. The van der Waals surface area contributed by atoms with Gasteiger partial charge in [0.15, 0.2) is 11.5 Å². The van der Waals surface area contributed by atoms with Crippen LogP contribution in [0.5, 0.6) is 11.5 Å². The van der Waals surface area contributed by atoms with Gasteiger partial charge in [0.2, 0.25) is 11.8 Å². The molecule has 0 bridgehead atoms. The highest BCUT2D eigenvalue weighted by Gasteiger charge is 2.06. The summed E-state index contributed by atoms with van der Waals surface area (Å²) < 4.78 is 10.9. The van der Waals surface area contributed by atoms with Gasteiger partial charge < -0.3 is 20.5 Å². The Balaban J connectivity index is 2.05. The maximum atomic E-state index is 12.1. The van der Waals surface area contributed by atoms with E-state index in [4.69, 9.17) is 15.2 Å². The predicted octanol–water partition coefficient (Wildman–Crippen LogP) is 3.23. The van der Waals surface area contributed by atoms with Gasteiger partial charge in [-0.2, -0.15) is 0 Å². The van der Waals surface area contributed by atoms with Crippen molar-refractivity contribution < 1.29 is 19.1 Å². The van der Waals surface area contributed by atoms with E-state index in [0.717, 1.165) is 12.0 Å². The topological polar surface area (TPSA) is 90.6 Å². The van der Waals surface area contributed by atoms with Crippen molar-refractivity contribution in [1.82, 2.24) is 0 Å². The standard InChI is InChI=1S/C20H22N2O4/c1-3-11-26-17-9-7-14(12-18(17)25-2)8-10-19(23)22-16-6-4-5-15(13-16)20(21)24/h4-10,12-13H,3,11H2,1-2H3,(H2,21,24)(H,22,23)/b10-8+. The van der Waals surface area contributed by atoms with Gasteiger partial charge in [-0.1, -0.05) is 19.1 Å². The molecule has 3 N–H and O–H groups in total. The fourth-order valence-corrected chi connectivity index (χ4v) is 2.23. The molecular weight excluding hydrogens is 332 g/mol. The highest BCUT2D eigenvalue weighted by molar-refractivity contribution is 6.03. The summed E-state index contributed by atoms with van der Waals surface area (Å²) >= 11 is 0. The predicted molar refractivity (Wildman–Crippen MR) is 101 cm³/mol. The first-order valence-electron chi connectivity index (χ1n) is 8.23. The second kappa shape index (κ2) is 9.27. The van der Waals surface area contributed by atoms with Crippen molar-refractivity contribution >= 4 is 23.6 Å². The lowest BCUT2D eigenvalue weighted by molar-refractivity contribution is -0.111. The first kappa shape index (κ1) is 19.1. The van der Waals surface area contributed by atoms with Crippen LogP contribution in [-0.2, 0) is 4.79 Å². The van der Waals surface area contributed by atoms with E-state index in [0.29, 0.717) is 29.4 Å². The summed E-state index contributed by atoms with van der Waals surface area (Å²) in [5.74, 6) is 0.403. The van der Waals surface area contributed by atoms with Gasteiger partial charge in [0, 0.05) is 17.3 Å². The van der Waals surface area contributed by atoms with E-state index in [9.17, 15) is 9.59 Å². The smallest absolute Gasteiger partial charge is 0.248 e. The van der Waals surface area contributed by atoms with Gasteiger partial charge in [-0.05, 0) is 48.4 Å². The van der Waals surface area contributed by atoms with Crippen LogP contribution in [0.15, 0.2) is 48.5 Å². The molecule has 2 rings (SSSR count). The van der Waals surface area contributed by atoms with Crippen LogP contribution in [0.3, 0.4) is 0 Å². The molecule has 0 aliphatic rings. The fourth-order valence-electron chi connectivity index (χ4n) is 2.23. The second-order valence-electron chi connectivity index (χ2n) is 5.53. The van der Waals surface area contributed by atoms with Gasteiger partial charge in [-0.3, -0.25) is 9.59 Å². The summed E-state index contributed by atoms with van der Waals surface area (Å²) in [5, 5.41) is 2.69. The minimum absolute atomic E-state index is 0.322. The summed E-state index contributed by atoms with van der Waals surface area (Å²) in [4.78, 5) is 23.2. The monoisotopic (exact) mass is 354 g/mol. The van der Waals surface area contributed by atoms with Crippen LogP contribution < -0.4 is 20.5 Å². The van der Waals surface area contributed by atoms with E-state index in [1.165, 1.54) is 12.1 Å². The molecule has 6 heteroatoms. The van der Waals surface area contributed by atoms with Crippen LogP contribution in [0.1, 0.15) is 29.3 Å². The van der Waals surface area contributed by atoms with Crippen molar-refractivity contribution in [2.24, 2.45) is 5.73 Å². The second-order valence-corrected chi connectivity index (χ2v) is 5.53. The molecule has 0 saturated heterocycles. The molecule has 0 radical (unpaired) electrons. The normalized spacial score (nSPS) is 10.5. The van der Waals surface area contributed by atoms with Crippen LogP contribution in [0.2, 0.25) is 0 Å². The van der Waals surface area contributed by atoms with Crippen molar-refractivity contribution in [3.8, 4) is 11.5 Å². The van der Waals surface area contributed by atoms with Crippen molar-refractivity contribution in [2.75, 3.05) is 19.0 Å². The molecule has 2 amide bonds. The van der Waals surface area contributed by atoms with E-state index in [1.54, 1.807) is 37.5 Å².